The third-order valence-corrected chi connectivity index (χ3v) is 5.66. The molecule has 2 amide bonds. The monoisotopic (exact) mass is 496 g/mol. The van der Waals surface area contributed by atoms with Gasteiger partial charge in [-0.15, -0.1) is 0 Å². The number of halogens is 1. The molecule has 1 heterocycles. The van der Waals surface area contributed by atoms with Gasteiger partial charge in [-0.3, -0.25) is 19.0 Å². The molecule has 0 bridgehead atoms. The van der Waals surface area contributed by atoms with Crippen LogP contribution in [0.25, 0.3) is 0 Å². The van der Waals surface area contributed by atoms with E-state index in [9.17, 15) is 14.4 Å². The van der Waals surface area contributed by atoms with Crippen molar-refractivity contribution in [2.45, 2.75) is 45.4 Å². The van der Waals surface area contributed by atoms with E-state index in [1.165, 1.54) is 18.6 Å². The van der Waals surface area contributed by atoms with E-state index in [4.69, 9.17) is 16.3 Å². The number of benzene rings is 2. The number of nitrogens with zero attached hydrogens (tertiary/aromatic N) is 2. The highest BCUT2D eigenvalue weighted by molar-refractivity contribution is 6.31. The summed E-state index contributed by atoms with van der Waals surface area (Å²) in [5.74, 6) is -0.960. The number of nitrogens with one attached hydrogen (secondary N) is 2. The maximum atomic E-state index is 13.3. The van der Waals surface area contributed by atoms with E-state index < -0.39 is 17.9 Å². The first-order valence-corrected chi connectivity index (χ1v) is 11.4. The third kappa shape index (κ3) is 7.00. The van der Waals surface area contributed by atoms with Crippen molar-refractivity contribution in [3.8, 4) is 0 Å². The first-order valence-electron chi connectivity index (χ1n) is 11.1. The summed E-state index contributed by atoms with van der Waals surface area (Å²) in [6.07, 6.45) is 2.62. The van der Waals surface area contributed by atoms with E-state index in [0.29, 0.717) is 22.9 Å². The Morgan fingerprint density at radius 2 is 1.83 bits per heavy atom. The molecule has 0 aliphatic carbocycles. The van der Waals surface area contributed by atoms with Crippen LogP contribution in [0.3, 0.4) is 0 Å². The first-order chi connectivity index (χ1) is 16.6. The number of carbonyl (C=O) groups excluding carboxylic acids is 2. The largest absolute Gasteiger partial charge is 0.380 e. The molecule has 1 unspecified atom stereocenters. The van der Waals surface area contributed by atoms with Crippen LogP contribution >= 0.6 is 11.6 Å². The summed E-state index contributed by atoms with van der Waals surface area (Å²) in [5.41, 5.74) is 2.45. The van der Waals surface area contributed by atoms with Gasteiger partial charge >= 0.3 is 0 Å². The molecular weight excluding hydrogens is 468 g/mol. The molecule has 0 radical (unpaired) electrons. The Labute approximate surface area is 209 Å². The summed E-state index contributed by atoms with van der Waals surface area (Å²) < 4.78 is 6.31. The predicted molar refractivity (Wildman–Crippen MR) is 135 cm³/mol. The Morgan fingerprint density at radius 1 is 1.11 bits per heavy atom. The minimum Gasteiger partial charge on any atom is -0.380 e. The molecule has 0 fully saturated rings. The van der Waals surface area contributed by atoms with Crippen LogP contribution in [0.5, 0.6) is 0 Å². The Balaban J connectivity index is 1.85. The molecule has 0 aliphatic heterocycles. The van der Waals surface area contributed by atoms with Gasteiger partial charge in [0.2, 0.25) is 5.91 Å². The topological polar surface area (TPSA) is 102 Å². The molecule has 1 aromatic heterocycles. The van der Waals surface area contributed by atoms with Crippen molar-refractivity contribution in [2.75, 3.05) is 12.4 Å². The molecule has 0 saturated heterocycles. The standard InChI is InChI=1S/C26H29ClN4O4/c1-26(2,3)20-10-9-19(13-21(20)27)29-25(34)24(18-7-5-17(6-8-18)15-35-4)30-22(32)14-31-16-28-12-11-23(31)33/h5-13,16,24H,14-15H2,1-4H3,(H,29,34)(H,30,32). The molecule has 3 rings (SSSR count). The number of amides is 2. The zero-order valence-corrected chi connectivity index (χ0v) is 20.9. The highest BCUT2D eigenvalue weighted by Crippen LogP contribution is 2.31. The van der Waals surface area contributed by atoms with Crippen molar-refractivity contribution >= 4 is 29.1 Å². The van der Waals surface area contributed by atoms with Crippen LogP contribution in [-0.2, 0) is 32.9 Å². The van der Waals surface area contributed by atoms with E-state index in [2.05, 4.69) is 36.4 Å². The number of hydrogen-bond acceptors (Lipinski definition) is 5. The average Bonchev–Trinajstić information content (AvgIpc) is 2.79. The minimum absolute atomic E-state index is 0.148. The molecule has 3 aromatic rings. The summed E-state index contributed by atoms with van der Waals surface area (Å²) in [6.45, 7) is 6.31. The van der Waals surface area contributed by atoms with Crippen LogP contribution in [0.4, 0.5) is 5.69 Å². The van der Waals surface area contributed by atoms with Crippen LogP contribution in [0.2, 0.25) is 5.02 Å². The molecule has 2 N–H and O–H groups in total. The van der Waals surface area contributed by atoms with Crippen molar-refractivity contribution in [1.29, 1.82) is 0 Å². The van der Waals surface area contributed by atoms with Gasteiger partial charge in [-0.25, -0.2) is 4.98 Å². The maximum absolute atomic E-state index is 13.3. The zero-order valence-electron chi connectivity index (χ0n) is 20.2. The number of hydrogen-bond donors (Lipinski definition) is 2. The SMILES string of the molecule is COCc1ccc(C(NC(=O)Cn2cnccc2=O)C(=O)Nc2ccc(C(C)(C)C)c(Cl)c2)cc1. The van der Waals surface area contributed by atoms with Gasteiger partial charge in [0, 0.05) is 30.1 Å². The second-order valence-electron chi connectivity index (χ2n) is 9.16. The fourth-order valence-electron chi connectivity index (χ4n) is 3.55. The smallest absolute Gasteiger partial charge is 0.253 e. The molecule has 184 valence electrons. The molecule has 1 atom stereocenters. The minimum atomic E-state index is -1.01. The number of ether oxygens (including phenoxy) is 1. The van der Waals surface area contributed by atoms with Gasteiger partial charge in [0.1, 0.15) is 12.6 Å². The summed E-state index contributed by atoms with van der Waals surface area (Å²) in [4.78, 5) is 41.9. The lowest BCUT2D eigenvalue weighted by molar-refractivity contribution is -0.127. The Kier molecular flexibility index (Phi) is 8.43. The fourth-order valence-corrected chi connectivity index (χ4v) is 4.01. The number of anilines is 1. The van der Waals surface area contributed by atoms with Gasteiger partial charge in [0.15, 0.2) is 0 Å². The molecule has 9 heteroatoms. The van der Waals surface area contributed by atoms with Crippen molar-refractivity contribution in [3.05, 3.63) is 93.1 Å². The molecule has 8 nitrogen and oxygen atoms in total. The lowest BCUT2D eigenvalue weighted by Crippen LogP contribution is -2.40. The molecule has 0 saturated carbocycles. The van der Waals surface area contributed by atoms with Crippen LogP contribution in [0.1, 0.15) is 43.5 Å². The van der Waals surface area contributed by atoms with Gasteiger partial charge in [-0.05, 0) is 34.2 Å². The number of aromatic nitrogens is 2. The average molecular weight is 497 g/mol. The van der Waals surface area contributed by atoms with Crippen LogP contribution in [0, 0.1) is 0 Å². The van der Waals surface area contributed by atoms with E-state index in [1.807, 2.05) is 18.2 Å². The fraction of sp³-hybridized carbons (Fsp3) is 0.308. The van der Waals surface area contributed by atoms with Crippen LogP contribution < -0.4 is 16.2 Å². The molecule has 0 aliphatic rings. The Morgan fingerprint density at radius 3 is 2.43 bits per heavy atom. The van der Waals surface area contributed by atoms with Crippen molar-refractivity contribution < 1.29 is 14.3 Å². The maximum Gasteiger partial charge on any atom is 0.253 e. The summed E-state index contributed by atoms with van der Waals surface area (Å²) in [5, 5.41) is 6.10. The highest BCUT2D eigenvalue weighted by Gasteiger charge is 2.24. The summed E-state index contributed by atoms with van der Waals surface area (Å²) in [6, 6.07) is 12.8. The Hall–Kier alpha value is -3.49. The predicted octanol–water partition coefficient (Wildman–Crippen LogP) is 3.84. The van der Waals surface area contributed by atoms with Gasteiger partial charge in [-0.1, -0.05) is 62.7 Å². The first kappa shape index (κ1) is 26.1. The summed E-state index contributed by atoms with van der Waals surface area (Å²) >= 11 is 6.46. The quantitative estimate of drug-likeness (QED) is 0.493. The van der Waals surface area contributed by atoms with Gasteiger partial charge < -0.3 is 15.4 Å². The van der Waals surface area contributed by atoms with E-state index in [0.717, 1.165) is 15.7 Å². The second kappa shape index (κ2) is 11.3. The van der Waals surface area contributed by atoms with E-state index in [-0.39, 0.29) is 17.5 Å². The van der Waals surface area contributed by atoms with Crippen molar-refractivity contribution in [1.82, 2.24) is 14.9 Å². The van der Waals surface area contributed by atoms with E-state index in [1.54, 1.807) is 31.4 Å². The molecule has 0 spiro atoms. The van der Waals surface area contributed by atoms with Crippen molar-refractivity contribution in [2.24, 2.45) is 0 Å². The molecule has 35 heavy (non-hydrogen) atoms. The normalized spacial score (nSPS) is 12.1. The second-order valence-corrected chi connectivity index (χ2v) is 9.56. The lowest BCUT2D eigenvalue weighted by atomic mass is 9.87. The number of rotatable bonds is 8. The lowest BCUT2D eigenvalue weighted by Gasteiger charge is -2.22. The number of methoxy groups -OCH3 is 1. The summed E-state index contributed by atoms with van der Waals surface area (Å²) in [7, 11) is 1.60. The van der Waals surface area contributed by atoms with Crippen LogP contribution in [0.15, 0.2) is 65.8 Å². The number of carbonyl (C=O) groups is 2. The Bertz CT molecular complexity index is 1250. The molecule has 2 aromatic carbocycles. The van der Waals surface area contributed by atoms with Gasteiger partial charge in [0.05, 0.1) is 12.9 Å². The van der Waals surface area contributed by atoms with Crippen LogP contribution in [-0.4, -0.2) is 28.5 Å². The van der Waals surface area contributed by atoms with Crippen molar-refractivity contribution in [3.63, 3.8) is 0 Å². The van der Waals surface area contributed by atoms with Gasteiger partial charge in [-0.2, -0.15) is 0 Å². The highest BCUT2D eigenvalue weighted by atomic mass is 35.5. The zero-order chi connectivity index (χ0) is 25.6. The van der Waals surface area contributed by atoms with E-state index >= 15 is 0 Å². The molecular formula is C26H29ClN4O4. The third-order valence-electron chi connectivity index (χ3n) is 5.34. The van der Waals surface area contributed by atoms with Gasteiger partial charge in [0.25, 0.3) is 11.5 Å².